The van der Waals surface area contributed by atoms with Gasteiger partial charge < -0.3 is 25.7 Å². The van der Waals surface area contributed by atoms with E-state index in [1.54, 1.807) is 10.8 Å². The van der Waals surface area contributed by atoms with Gasteiger partial charge in [-0.25, -0.2) is 9.66 Å². The van der Waals surface area contributed by atoms with Gasteiger partial charge in [-0.2, -0.15) is 0 Å². The number of hydrogen-bond acceptors (Lipinski definition) is 6. The van der Waals surface area contributed by atoms with Crippen molar-refractivity contribution < 1.29 is 14.3 Å². The Morgan fingerprint density at radius 3 is 2.41 bits per heavy atom. The molecule has 204 valence electrons. The van der Waals surface area contributed by atoms with Gasteiger partial charge in [0.2, 0.25) is 5.91 Å². The molecule has 9 nitrogen and oxygen atoms in total. The molecule has 5 rings (SSSR count). The van der Waals surface area contributed by atoms with E-state index >= 15 is 0 Å². The quantitative estimate of drug-likeness (QED) is 0.431. The van der Waals surface area contributed by atoms with Gasteiger partial charge in [0.05, 0.1) is 0 Å². The van der Waals surface area contributed by atoms with Crippen molar-refractivity contribution in [1.29, 1.82) is 0 Å². The van der Waals surface area contributed by atoms with Gasteiger partial charge in [0, 0.05) is 43.7 Å². The van der Waals surface area contributed by atoms with Crippen molar-refractivity contribution in [1.82, 2.24) is 19.5 Å². The van der Waals surface area contributed by atoms with Crippen molar-refractivity contribution >= 4 is 11.8 Å². The number of piperidine rings is 1. The van der Waals surface area contributed by atoms with Crippen LogP contribution in [-0.4, -0.2) is 71.5 Å². The Kier molecular flexibility index (Phi) is 7.97. The molecule has 0 aliphatic carbocycles. The summed E-state index contributed by atoms with van der Waals surface area (Å²) in [5, 5.41) is 0. The molecule has 1 aromatic heterocycles. The molecule has 9 heteroatoms. The van der Waals surface area contributed by atoms with Gasteiger partial charge in [0.25, 0.3) is 5.91 Å². The van der Waals surface area contributed by atoms with Gasteiger partial charge >= 0.3 is 0 Å². The lowest BCUT2D eigenvalue weighted by atomic mass is 9.81. The lowest BCUT2D eigenvalue weighted by Crippen LogP contribution is -2.41. The smallest absolute Gasteiger partial charge is 0.269 e. The molecule has 1 atom stereocenters. The molecule has 2 aliphatic heterocycles. The number of nitrogens with one attached hydrogen (secondary N) is 1. The molecule has 0 spiro atoms. The fourth-order valence-electron chi connectivity index (χ4n) is 5.48. The second kappa shape index (κ2) is 11.7. The largest absolute Gasteiger partial charge is 0.457 e. The first-order chi connectivity index (χ1) is 18.9. The lowest BCUT2D eigenvalue weighted by Gasteiger charge is -2.37. The second-order valence-corrected chi connectivity index (χ2v) is 10.4. The number of carbonyl (C=O) groups is 2. The van der Waals surface area contributed by atoms with Crippen LogP contribution in [-0.2, 0) is 4.79 Å². The molecule has 0 saturated carbocycles. The third kappa shape index (κ3) is 5.98. The first kappa shape index (κ1) is 26.5. The van der Waals surface area contributed by atoms with Crippen molar-refractivity contribution in [2.45, 2.75) is 25.2 Å². The van der Waals surface area contributed by atoms with Gasteiger partial charge in [0.15, 0.2) is 5.69 Å². The number of likely N-dealkylation sites (N-methyl/N-ethyl adjacent to an activating group) is 1. The highest BCUT2D eigenvalue weighted by Crippen LogP contribution is 2.39. The minimum absolute atomic E-state index is 0.0695. The molecular formula is C30H36N6O3. The number of benzene rings is 2. The van der Waals surface area contributed by atoms with Gasteiger partial charge in [-0.15, -0.1) is 0 Å². The Bertz CT molecular complexity index is 1320. The van der Waals surface area contributed by atoms with Crippen molar-refractivity contribution in [2.75, 3.05) is 45.7 Å². The first-order valence-electron chi connectivity index (χ1n) is 13.5. The minimum atomic E-state index is -0.522. The van der Waals surface area contributed by atoms with Crippen LogP contribution in [0.25, 0.3) is 11.3 Å². The van der Waals surface area contributed by atoms with E-state index in [1.807, 2.05) is 84.6 Å². The molecule has 1 unspecified atom stereocenters. The zero-order valence-corrected chi connectivity index (χ0v) is 22.5. The summed E-state index contributed by atoms with van der Waals surface area (Å²) in [6.45, 7) is 2.91. The number of ether oxygens (including phenoxy) is 1. The molecule has 0 bridgehead atoms. The first-order valence-corrected chi connectivity index (χ1v) is 13.5. The van der Waals surface area contributed by atoms with Crippen molar-refractivity contribution in [3.63, 3.8) is 0 Å². The molecule has 3 heterocycles. The van der Waals surface area contributed by atoms with E-state index in [4.69, 9.17) is 15.5 Å². The number of amides is 2. The zero-order chi connectivity index (χ0) is 27.4. The minimum Gasteiger partial charge on any atom is -0.457 e. The predicted molar refractivity (Wildman–Crippen MR) is 151 cm³/mol. The fourth-order valence-corrected chi connectivity index (χ4v) is 5.48. The van der Waals surface area contributed by atoms with Crippen LogP contribution >= 0.6 is 0 Å². The summed E-state index contributed by atoms with van der Waals surface area (Å²) in [7, 11) is 3.96. The van der Waals surface area contributed by atoms with Gasteiger partial charge in [0.1, 0.15) is 23.0 Å². The van der Waals surface area contributed by atoms with Crippen molar-refractivity contribution in [2.24, 2.45) is 11.7 Å². The molecular weight excluding hydrogens is 492 g/mol. The topological polar surface area (TPSA) is 106 Å². The number of nitrogens with zero attached hydrogens (tertiary/aromatic N) is 4. The fraction of sp³-hybridized carbons (Fsp3) is 0.367. The van der Waals surface area contributed by atoms with Crippen LogP contribution in [0.3, 0.4) is 0 Å². The van der Waals surface area contributed by atoms with Crippen LogP contribution < -0.4 is 15.9 Å². The van der Waals surface area contributed by atoms with Crippen LogP contribution in [0.4, 0.5) is 0 Å². The highest BCUT2D eigenvalue weighted by atomic mass is 16.5. The van der Waals surface area contributed by atoms with Crippen molar-refractivity contribution in [3.8, 4) is 22.8 Å². The number of imidazole rings is 1. The summed E-state index contributed by atoms with van der Waals surface area (Å²) in [6, 6.07) is 17.1. The normalized spacial score (nSPS) is 17.7. The van der Waals surface area contributed by atoms with E-state index in [0.717, 1.165) is 62.6 Å². The highest BCUT2D eigenvalue weighted by Gasteiger charge is 2.36. The number of fused-ring (bicyclic) bond motifs is 1. The van der Waals surface area contributed by atoms with Crippen LogP contribution in [0.2, 0.25) is 0 Å². The zero-order valence-electron chi connectivity index (χ0n) is 22.5. The Hall–Kier alpha value is -4.11. The number of carbonyl (C=O) groups excluding carboxylic acids is 2. The average molecular weight is 529 g/mol. The number of rotatable bonds is 8. The maximum Gasteiger partial charge on any atom is 0.269 e. The third-order valence-electron chi connectivity index (χ3n) is 7.45. The average Bonchev–Trinajstić information content (AvgIpc) is 3.34. The molecule has 1 fully saturated rings. The molecule has 2 aromatic carbocycles. The Balaban J connectivity index is 1.33. The van der Waals surface area contributed by atoms with E-state index in [2.05, 4.69) is 5.43 Å². The van der Waals surface area contributed by atoms with Gasteiger partial charge in [-0.05, 0) is 75.7 Å². The summed E-state index contributed by atoms with van der Waals surface area (Å²) in [5.41, 5.74) is 10.9. The van der Waals surface area contributed by atoms with Gasteiger partial charge in [-0.1, -0.05) is 24.3 Å². The number of primary amides is 1. The lowest BCUT2D eigenvalue weighted by molar-refractivity contribution is -0.127. The second-order valence-electron chi connectivity index (χ2n) is 10.4. The Labute approximate surface area is 229 Å². The Morgan fingerprint density at radius 1 is 1.05 bits per heavy atom. The molecule has 39 heavy (non-hydrogen) atoms. The molecule has 1 saturated heterocycles. The number of nitrogens with two attached hydrogens (primary N) is 1. The summed E-state index contributed by atoms with van der Waals surface area (Å²) in [6.07, 6.45) is 6.30. The van der Waals surface area contributed by atoms with E-state index in [-0.39, 0.29) is 11.8 Å². The predicted octanol–water partition coefficient (Wildman–Crippen LogP) is 3.83. The van der Waals surface area contributed by atoms with Crippen LogP contribution in [0.5, 0.6) is 11.5 Å². The van der Waals surface area contributed by atoms with E-state index in [0.29, 0.717) is 23.1 Å². The summed E-state index contributed by atoms with van der Waals surface area (Å²) >= 11 is 0. The number of aromatic nitrogens is 2. The third-order valence-corrected chi connectivity index (χ3v) is 7.45. The molecule has 2 aliphatic rings. The standard InChI is InChI=1S/C30H36N6O3/c1-34(2)18-6-9-26(37)35-19-15-21(16-20-35)25-14-17-32-36-28(29(31)38)27(33-30(25)36)22-10-12-24(13-11-22)39-23-7-4-3-5-8-23/h3-13,21,25,32H,14-20H2,1-2H3,(H2,31,38). The van der Waals surface area contributed by atoms with E-state index < -0.39 is 5.91 Å². The summed E-state index contributed by atoms with van der Waals surface area (Å²) in [5.74, 6) is 2.39. The molecule has 3 N–H and O–H groups in total. The SMILES string of the molecule is CN(C)CC=CC(=O)N1CCC(C2CCNn3c2nc(-c2ccc(Oc4ccccc4)cc2)c3C(N)=O)CC1. The van der Waals surface area contributed by atoms with E-state index in [1.165, 1.54) is 0 Å². The molecule has 2 amide bonds. The number of para-hydroxylation sites is 1. The molecule has 0 radical (unpaired) electrons. The summed E-state index contributed by atoms with van der Waals surface area (Å²) in [4.78, 5) is 34.1. The van der Waals surface area contributed by atoms with Gasteiger partial charge in [-0.3, -0.25) is 9.59 Å². The van der Waals surface area contributed by atoms with Crippen LogP contribution in [0.15, 0.2) is 66.7 Å². The number of likely N-dealkylation sites (tertiary alicyclic amines) is 1. The summed E-state index contributed by atoms with van der Waals surface area (Å²) < 4.78 is 7.71. The van der Waals surface area contributed by atoms with Crippen LogP contribution in [0, 0.1) is 5.92 Å². The molecule has 3 aromatic rings. The number of hydrogen-bond donors (Lipinski definition) is 2. The van der Waals surface area contributed by atoms with Crippen LogP contribution in [0.1, 0.15) is 41.5 Å². The maximum absolute atomic E-state index is 12.6. The monoisotopic (exact) mass is 528 g/mol. The maximum atomic E-state index is 12.6. The highest BCUT2D eigenvalue weighted by molar-refractivity contribution is 5.97. The Morgan fingerprint density at radius 2 is 1.74 bits per heavy atom. The van der Waals surface area contributed by atoms with Crippen molar-refractivity contribution in [3.05, 3.63) is 78.3 Å². The van der Waals surface area contributed by atoms with E-state index in [9.17, 15) is 9.59 Å².